The Bertz CT molecular complexity index is 794. The molecule has 9 heteroatoms. The number of nitrogens with zero attached hydrogens (tertiary/aromatic N) is 4. The molecule has 1 aliphatic rings. The molecule has 2 N–H and O–H groups in total. The van der Waals surface area contributed by atoms with E-state index in [1.54, 1.807) is 4.68 Å². The average Bonchev–Trinajstić information content (AvgIpc) is 3.29. The van der Waals surface area contributed by atoms with Gasteiger partial charge in [0.1, 0.15) is 5.54 Å². The number of aromatic nitrogens is 4. The lowest BCUT2D eigenvalue weighted by molar-refractivity contribution is 0.0873. The molecule has 1 amide bonds. The van der Waals surface area contributed by atoms with Crippen LogP contribution >= 0.6 is 12.4 Å². The number of carbonyl (C=O) groups is 1. The number of nitrogens with one attached hydrogen (secondary N) is 2. The molecule has 8 nitrogen and oxygen atoms in total. The number of hydrogen-bond acceptors (Lipinski definition) is 6. The van der Waals surface area contributed by atoms with Crippen LogP contribution in [0.3, 0.4) is 0 Å². The van der Waals surface area contributed by atoms with Gasteiger partial charge < -0.3 is 15.2 Å². The third-order valence-corrected chi connectivity index (χ3v) is 5.41. The van der Waals surface area contributed by atoms with Gasteiger partial charge in [-0.3, -0.25) is 9.48 Å². The molecule has 0 radical (unpaired) electrons. The largest absolute Gasteiger partial charge is 0.337 e. The summed E-state index contributed by atoms with van der Waals surface area (Å²) in [7, 11) is 3.75. The fourth-order valence-corrected chi connectivity index (χ4v) is 3.66. The van der Waals surface area contributed by atoms with Gasteiger partial charge in [0.2, 0.25) is 0 Å². The second-order valence-electron chi connectivity index (χ2n) is 7.32. The van der Waals surface area contributed by atoms with E-state index in [4.69, 9.17) is 4.52 Å². The van der Waals surface area contributed by atoms with E-state index in [1.807, 2.05) is 27.9 Å². The Kier molecular flexibility index (Phi) is 6.64. The van der Waals surface area contributed by atoms with Crippen LogP contribution in [-0.2, 0) is 19.0 Å². The number of likely N-dealkylation sites (N-methyl/N-ethyl adjacent to an activating group) is 1. The van der Waals surface area contributed by atoms with Gasteiger partial charge in [0, 0.05) is 25.2 Å². The third kappa shape index (κ3) is 4.16. The van der Waals surface area contributed by atoms with E-state index < -0.39 is 5.54 Å². The summed E-state index contributed by atoms with van der Waals surface area (Å²) in [5, 5.41) is 14.8. The van der Waals surface area contributed by atoms with Crippen LogP contribution in [0.1, 0.15) is 66.1 Å². The van der Waals surface area contributed by atoms with Gasteiger partial charge in [0.05, 0.1) is 11.3 Å². The van der Waals surface area contributed by atoms with Crippen molar-refractivity contribution in [1.29, 1.82) is 0 Å². The normalized spacial score (nSPS) is 16.8. The number of rotatable bonds is 6. The van der Waals surface area contributed by atoms with E-state index in [-0.39, 0.29) is 24.4 Å². The molecule has 1 fully saturated rings. The van der Waals surface area contributed by atoms with Crippen LogP contribution in [0.2, 0.25) is 0 Å². The lowest BCUT2D eigenvalue weighted by atomic mass is 9.96. The number of amides is 1. The fraction of sp³-hybridized carbons (Fsp3) is 0.667. The lowest BCUT2D eigenvalue weighted by Gasteiger charge is -2.26. The predicted molar refractivity (Wildman–Crippen MR) is 104 cm³/mol. The van der Waals surface area contributed by atoms with Crippen molar-refractivity contribution in [2.24, 2.45) is 7.05 Å². The molecule has 0 aliphatic heterocycles. The van der Waals surface area contributed by atoms with E-state index in [1.165, 1.54) is 0 Å². The van der Waals surface area contributed by atoms with Crippen LogP contribution in [-0.4, -0.2) is 38.9 Å². The van der Waals surface area contributed by atoms with Crippen LogP contribution in [0.25, 0.3) is 0 Å². The average molecular weight is 397 g/mol. The number of hydrogen-bond donors (Lipinski definition) is 2. The van der Waals surface area contributed by atoms with Crippen molar-refractivity contribution < 1.29 is 9.32 Å². The number of carbonyl (C=O) groups excluding carboxylic acids is 1. The molecule has 0 bridgehead atoms. The molecule has 2 heterocycles. The highest BCUT2D eigenvalue weighted by molar-refractivity contribution is 5.96. The Morgan fingerprint density at radius 1 is 1.33 bits per heavy atom. The maximum atomic E-state index is 13.0. The van der Waals surface area contributed by atoms with Gasteiger partial charge in [-0.15, -0.1) is 12.4 Å². The van der Waals surface area contributed by atoms with Crippen molar-refractivity contribution in [1.82, 2.24) is 30.6 Å². The summed E-state index contributed by atoms with van der Waals surface area (Å²) in [4.78, 5) is 17.6. The first-order chi connectivity index (χ1) is 12.4. The monoisotopic (exact) mass is 396 g/mol. The fourth-order valence-electron chi connectivity index (χ4n) is 3.66. The van der Waals surface area contributed by atoms with Crippen molar-refractivity contribution in [2.45, 2.75) is 64.5 Å². The minimum absolute atomic E-state index is 0. The molecule has 1 unspecified atom stereocenters. The Labute approximate surface area is 165 Å². The van der Waals surface area contributed by atoms with E-state index in [0.717, 1.165) is 37.1 Å². The van der Waals surface area contributed by atoms with Crippen molar-refractivity contribution in [3.8, 4) is 0 Å². The summed E-state index contributed by atoms with van der Waals surface area (Å²) in [5.74, 6) is 1.05. The number of halogens is 1. The molecule has 2 aromatic heterocycles. The second-order valence-corrected chi connectivity index (χ2v) is 7.32. The molecule has 0 saturated heterocycles. The maximum absolute atomic E-state index is 13.0. The first kappa shape index (κ1) is 21.4. The van der Waals surface area contributed by atoms with Crippen LogP contribution in [0.5, 0.6) is 0 Å². The lowest BCUT2D eigenvalue weighted by Crippen LogP contribution is -2.44. The van der Waals surface area contributed by atoms with Crippen molar-refractivity contribution in [3.63, 3.8) is 0 Å². The zero-order valence-corrected chi connectivity index (χ0v) is 17.4. The van der Waals surface area contributed by atoms with Crippen molar-refractivity contribution in [3.05, 3.63) is 28.7 Å². The topological polar surface area (TPSA) is 97.9 Å². The molecule has 150 valence electrons. The third-order valence-electron chi connectivity index (χ3n) is 5.41. The van der Waals surface area contributed by atoms with Gasteiger partial charge in [-0.1, -0.05) is 18.0 Å². The zero-order chi connectivity index (χ0) is 18.9. The zero-order valence-electron chi connectivity index (χ0n) is 16.6. The highest BCUT2D eigenvalue weighted by Crippen LogP contribution is 2.38. The summed E-state index contributed by atoms with van der Waals surface area (Å²) in [6.07, 6.45) is 4.34. The summed E-state index contributed by atoms with van der Waals surface area (Å²) in [6, 6.07) is 0.260. The highest BCUT2D eigenvalue weighted by atomic mass is 35.5. The van der Waals surface area contributed by atoms with Gasteiger partial charge in [0.25, 0.3) is 11.8 Å². The second kappa shape index (κ2) is 8.39. The molecule has 1 atom stereocenters. The molecule has 1 saturated carbocycles. The van der Waals surface area contributed by atoms with Crippen LogP contribution in [0.4, 0.5) is 0 Å². The Balaban J connectivity index is 0.00000261. The standard InChI is InChI=1S/C18H28N6O2.ClH/c1-11(19-4)10-14-20-17(26-23-14)18(8-6-7-9-18)21-16(25)15-12(2)22-24(5)13(15)3;/h11,19H,6-10H2,1-5H3,(H,21,25);1H. The Hall–Kier alpha value is -1.93. The van der Waals surface area contributed by atoms with Gasteiger partial charge >= 0.3 is 0 Å². The van der Waals surface area contributed by atoms with E-state index in [0.29, 0.717) is 23.7 Å². The first-order valence-corrected chi connectivity index (χ1v) is 9.19. The van der Waals surface area contributed by atoms with Crippen molar-refractivity contribution in [2.75, 3.05) is 7.05 Å². The van der Waals surface area contributed by atoms with Gasteiger partial charge in [-0.2, -0.15) is 10.1 Å². The minimum Gasteiger partial charge on any atom is -0.337 e. The van der Waals surface area contributed by atoms with Crippen LogP contribution < -0.4 is 10.6 Å². The van der Waals surface area contributed by atoms with E-state index in [2.05, 4.69) is 32.8 Å². The van der Waals surface area contributed by atoms with Crippen LogP contribution in [0.15, 0.2) is 4.52 Å². The van der Waals surface area contributed by atoms with Gasteiger partial charge in [0.15, 0.2) is 5.82 Å². The van der Waals surface area contributed by atoms with Gasteiger partial charge in [-0.25, -0.2) is 0 Å². The minimum atomic E-state index is -0.583. The maximum Gasteiger partial charge on any atom is 0.255 e. The quantitative estimate of drug-likeness (QED) is 0.776. The smallest absolute Gasteiger partial charge is 0.255 e. The SMILES string of the molecule is CNC(C)Cc1noc(C2(NC(=O)c3c(C)nn(C)c3C)CCCC2)n1.Cl. The summed E-state index contributed by atoms with van der Waals surface area (Å²) in [5.41, 5.74) is 1.62. The molecule has 3 rings (SSSR count). The summed E-state index contributed by atoms with van der Waals surface area (Å²) in [6.45, 7) is 5.82. The molecular weight excluding hydrogens is 368 g/mol. The molecule has 0 aromatic carbocycles. The predicted octanol–water partition coefficient (Wildman–Crippen LogP) is 2.19. The molecular formula is C18H29ClN6O2. The summed E-state index contributed by atoms with van der Waals surface area (Å²) >= 11 is 0. The Morgan fingerprint density at radius 2 is 2.00 bits per heavy atom. The van der Waals surface area contributed by atoms with Gasteiger partial charge in [-0.05, 0) is 40.7 Å². The van der Waals surface area contributed by atoms with Crippen LogP contribution in [0, 0.1) is 13.8 Å². The first-order valence-electron chi connectivity index (χ1n) is 9.19. The van der Waals surface area contributed by atoms with E-state index >= 15 is 0 Å². The molecule has 1 aliphatic carbocycles. The highest BCUT2D eigenvalue weighted by Gasteiger charge is 2.43. The van der Waals surface area contributed by atoms with Crippen molar-refractivity contribution >= 4 is 18.3 Å². The molecule has 2 aromatic rings. The molecule has 0 spiro atoms. The number of aryl methyl sites for hydroxylation is 2. The van der Waals surface area contributed by atoms with E-state index in [9.17, 15) is 4.79 Å². The molecule has 27 heavy (non-hydrogen) atoms. The summed E-state index contributed by atoms with van der Waals surface area (Å²) < 4.78 is 7.31. The Morgan fingerprint density at radius 3 is 2.56 bits per heavy atom.